The number of Topliss-reactive ketones (excluding diaryl/α,β-unsaturated/α-hetero) is 1. The third-order valence-electron chi connectivity index (χ3n) is 4.51. The first-order chi connectivity index (χ1) is 9.28. The smallest absolute Gasteiger partial charge is 0.143 e. The molecule has 0 N–H and O–H groups in total. The zero-order valence-corrected chi connectivity index (χ0v) is 11.3. The van der Waals surface area contributed by atoms with Crippen molar-refractivity contribution in [1.82, 2.24) is 4.90 Å². The van der Waals surface area contributed by atoms with E-state index in [9.17, 15) is 4.79 Å². The molecule has 2 fully saturated rings. The fourth-order valence-corrected chi connectivity index (χ4v) is 3.18. The summed E-state index contributed by atoms with van der Waals surface area (Å²) in [5.74, 6) is 0.429. The van der Waals surface area contributed by atoms with Crippen LogP contribution in [0.3, 0.4) is 0 Å². The van der Waals surface area contributed by atoms with E-state index in [4.69, 9.17) is 4.74 Å². The van der Waals surface area contributed by atoms with Gasteiger partial charge in [0.2, 0.25) is 0 Å². The molecule has 2 aliphatic rings. The minimum Gasteiger partial charge on any atom is -0.380 e. The third-order valence-corrected chi connectivity index (χ3v) is 4.51. The van der Waals surface area contributed by atoms with E-state index in [0.717, 1.165) is 32.5 Å². The molecule has 2 aliphatic heterocycles. The predicted molar refractivity (Wildman–Crippen MR) is 73.8 cm³/mol. The zero-order valence-electron chi connectivity index (χ0n) is 11.3. The van der Waals surface area contributed by atoms with E-state index in [0.29, 0.717) is 25.4 Å². The summed E-state index contributed by atoms with van der Waals surface area (Å²) in [6.45, 7) is 4.26. The van der Waals surface area contributed by atoms with Gasteiger partial charge in [-0.2, -0.15) is 0 Å². The standard InChI is InChI=1S/C16H21NO2/c18-15-6-11-19-13-16(15)7-9-17(10-8-16)12-14-4-2-1-3-5-14/h1-5H,6-13H2. The highest BCUT2D eigenvalue weighted by Gasteiger charge is 2.42. The number of piperidine rings is 1. The second-order valence-electron chi connectivity index (χ2n) is 5.77. The molecule has 0 unspecified atom stereocenters. The van der Waals surface area contributed by atoms with E-state index in [2.05, 4.69) is 29.2 Å². The molecule has 19 heavy (non-hydrogen) atoms. The van der Waals surface area contributed by atoms with Crippen molar-refractivity contribution in [3.63, 3.8) is 0 Å². The summed E-state index contributed by atoms with van der Waals surface area (Å²) in [5.41, 5.74) is 1.19. The molecule has 0 radical (unpaired) electrons. The number of hydrogen-bond donors (Lipinski definition) is 0. The Morgan fingerprint density at radius 2 is 1.89 bits per heavy atom. The van der Waals surface area contributed by atoms with Gasteiger partial charge in [-0.1, -0.05) is 30.3 Å². The van der Waals surface area contributed by atoms with Crippen molar-refractivity contribution in [2.45, 2.75) is 25.8 Å². The minimum absolute atomic E-state index is 0.161. The van der Waals surface area contributed by atoms with Gasteiger partial charge in [-0.15, -0.1) is 0 Å². The van der Waals surface area contributed by atoms with E-state index in [-0.39, 0.29) is 5.41 Å². The number of likely N-dealkylation sites (tertiary alicyclic amines) is 1. The molecule has 0 amide bonds. The maximum Gasteiger partial charge on any atom is 0.143 e. The zero-order chi connectivity index (χ0) is 13.1. The lowest BCUT2D eigenvalue weighted by Crippen LogP contribution is -2.49. The van der Waals surface area contributed by atoms with Gasteiger partial charge in [-0.3, -0.25) is 9.69 Å². The molecule has 2 saturated heterocycles. The second-order valence-corrected chi connectivity index (χ2v) is 5.77. The SMILES string of the molecule is O=C1CCOCC12CCN(Cc1ccccc1)CC2. The van der Waals surface area contributed by atoms with Crippen LogP contribution in [0.1, 0.15) is 24.8 Å². The Morgan fingerprint density at radius 1 is 1.16 bits per heavy atom. The molecule has 1 aromatic rings. The molecule has 3 nitrogen and oxygen atoms in total. The quantitative estimate of drug-likeness (QED) is 0.816. The van der Waals surface area contributed by atoms with Crippen LogP contribution in [-0.2, 0) is 16.1 Å². The molecule has 1 spiro atoms. The van der Waals surface area contributed by atoms with E-state index >= 15 is 0 Å². The Bertz CT molecular complexity index is 435. The largest absolute Gasteiger partial charge is 0.380 e. The van der Waals surface area contributed by atoms with Gasteiger partial charge in [0.05, 0.1) is 18.6 Å². The minimum atomic E-state index is -0.161. The van der Waals surface area contributed by atoms with Crippen molar-refractivity contribution in [2.75, 3.05) is 26.3 Å². The van der Waals surface area contributed by atoms with Crippen LogP contribution in [0.15, 0.2) is 30.3 Å². The van der Waals surface area contributed by atoms with Gasteiger partial charge in [-0.05, 0) is 31.5 Å². The van der Waals surface area contributed by atoms with Gasteiger partial charge in [-0.25, -0.2) is 0 Å². The predicted octanol–water partition coefficient (Wildman–Crippen LogP) is 2.26. The van der Waals surface area contributed by atoms with Crippen molar-refractivity contribution < 1.29 is 9.53 Å². The normalized spacial score (nSPS) is 23.7. The second kappa shape index (κ2) is 5.43. The molecule has 2 heterocycles. The molecule has 0 bridgehead atoms. The fraction of sp³-hybridized carbons (Fsp3) is 0.562. The Labute approximate surface area is 114 Å². The maximum atomic E-state index is 12.1. The van der Waals surface area contributed by atoms with Crippen LogP contribution in [-0.4, -0.2) is 37.0 Å². The number of hydrogen-bond acceptors (Lipinski definition) is 3. The highest BCUT2D eigenvalue weighted by atomic mass is 16.5. The highest BCUT2D eigenvalue weighted by Crippen LogP contribution is 2.36. The van der Waals surface area contributed by atoms with Crippen molar-refractivity contribution in [2.24, 2.45) is 5.41 Å². The van der Waals surface area contributed by atoms with Crippen LogP contribution < -0.4 is 0 Å². The first-order valence-corrected chi connectivity index (χ1v) is 7.16. The van der Waals surface area contributed by atoms with E-state index in [1.165, 1.54) is 5.56 Å². The van der Waals surface area contributed by atoms with Crippen LogP contribution in [0.5, 0.6) is 0 Å². The van der Waals surface area contributed by atoms with Gasteiger partial charge >= 0.3 is 0 Å². The van der Waals surface area contributed by atoms with E-state index in [1.54, 1.807) is 0 Å². The van der Waals surface area contributed by atoms with Crippen molar-refractivity contribution in [3.8, 4) is 0 Å². The first kappa shape index (κ1) is 12.8. The molecular weight excluding hydrogens is 238 g/mol. The Morgan fingerprint density at radius 3 is 2.58 bits per heavy atom. The number of benzene rings is 1. The monoisotopic (exact) mass is 259 g/mol. The lowest BCUT2D eigenvalue weighted by Gasteiger charge is -2.42. The van der Waals surface area contributed by atoms with Crippen molar-refractivity contribution in [1.29, 1.82) is 0 Å². The summed E-state index contributed by atoms with van der Waals surface area (Å²) < 4.78 is 5.55. The number of nitrogens with zero attached hydrogens (tertiary/aromatic N) is 1. The Kier molecular flexibility index (Phi) is 3.67. The van der Waals surface area contributed by atoms with Crippen molar-refractivity contribution in [3.05, 3.63) is 35.9 Å². The first-order valence-electron chi connectivity index (χ1n) is 7.16. The summed E-state index contributed by atoms with van der Waals surface area (Å²) in [4.78, 5) is 14.6. The highest BCUT2D eigenvalue weighted by molar-refractivity contribution is 5.85. The molecule has 0 saturated carbocycles. The lowest BCUT2D eigenvalue weighted by molar-refractivity contribution is -0.144. The van der Waals surface area contributed by atoms with Gasteiger partial charge in [0.25, 0.3) is 0 Å². The topological polar surface area (TPSA) is 29.5 Å². The van der Waals surface area contributed by atoms with Gasteiger partial charge in [0, 0.05) is 13.0 Å². The number of ether oxygens (including phenoxy) is 1. The summed E-state index contributed by atoms with van der Waals surface area (Å²) in [5, 5.41) is 0. The average Bonchev–Trinajstić information content (AvgIpc) is 2.46. The van der Waals surface area contributed by atoms with E-state index < -0.39 is 0 Å². The molecule has 3 heteroatoms. The van der Waals surface area contributed by atoms with E-state index in [1.807, 2.05) is 6.07 Å². The molecule has 102 valence electrons. The Balaban J connectivity index is 1.59. The molecule has 0 atom stereocenters. The number of carbonyl (C=O) groups excluding carboxylic acids is 1. The molecule has 0 aromatic heterocycles. The third kappa shape index (κ3) is 2.72. The summed E-state index contributed by atoms with van der Waals surface area (Å²) in [7, 11) is 0. The Hall–Kier alpha value is -1.19. The molecule has 1 aromatic carbocycles. The number of ketones is 1. The summed E-state index contributed by atoms with van der Waals surface area (Å²) >= 11 is 0. The summed E-state index contributed by atoms with van der Waals surface area (Å²) in [6.07, 6.45) is 2.52. The van der Waals surface area contributed by atoms with Gasteiger partial charge in [0.15, 0.2) is 0 Å². The maximum absolute atomic E-state index is 12.1. The number of rotatable bonds is 2. The lowest BCUT2D eigenvalue weighted by atomic mass is 9.73. The van der Waals surface area contributed by atoms with Crippen molar-refractivity contribution >= 4 is 5.78 Å². The van der Waals surface area contributed by atoms with Crippen LogP contribution in [0.25, 0.3) is 0 Å². The van der Waals surface area contributed by atoms with Crippen LogP contribution in [0, 0.1) is 5.41 Å². The van der Waals surface area contributed by atoms with Crippen LogP contribution >= 0.6 is 0 Å². The fourth-order valence-electron chi connectivity index (χ4n) is 3.18. The summed E-state index contributed by atoms with van der Waals surface area (Å²) in [6, 6.07) is 10.5. The van der Waals surface area contributed by atoms with Gasteiger partial charge < -0.3 is 4.74 Å². The average molecular weight is 259 g/mol. The van der Waals surface area contributed by atoms with Crippen LogP contribution in [0.4, 0.5) is 0 Å². The molecule has 0 aliphatic carbocycles. The molecular formula is C16H21NO2. The number of carbonyl (C=O) groups is 1. The van der Waals surface area contributed by atoms with Crippen LogP contribution in [0.2, 0.25) is 0 Å². The molecule has 3 rings (SSSR count). The van der Waals surface area contributed by atoms with Gasteiger partial charge in [0.1, 0.15) is 5.78 Å².